The van der Waals surface area contributed by atoms with Crippen LogP contribution in [0.25, 0.3) is 0 Å². The molecular formula is C13H16BrN5O3. The third-order valence-electron chi connectivity index (χ3n) is 3.37. The lowest BCUT2D eigenvalue weighted by Crippen LogP contribution is -2.25. The molecule has 0 spiro atoms. The van der Waals surface area contributed by atoms with Crippen molar-refractivity contribution in [1.82, 2.24) is 15.2 Å². The second-order valence-corrected chi connectivity index (χ2v) is 5.79. The van der Waals surface area contributed by atoms with Crippen molar-refractivity contribution < 1.29 is 9.72 Å². The molecule has 118 valence electrons. The van der Waals surface area contributed by atoms with E-state index < -0.39 is 4.92 Å². The van der Waals surface area contributed by atoms with Crippen molar-refractivity contribution in [3.05, 3.63) is 32.4 Å². The van der Waals surface area contributed by atoms with Gasteiger partial charge in [0.1, 0.15) is 11.0 Å². The number of nitrogens with one attached hydrogen (secondary N) is 1. The van der Waals surface area contributed by atoms with Gasteiger partial charge in [-0.25, -0.2) is 5.43 Å². The molecule has 0 bridgehead atoms. The molecule has 0 unspecified atom stereocenters. The van der Waals surface area contributed by atoms with Crippen LogP contribution < -0.4 is 5.43 Å². The van der Waals surface area contributed by atoms with E-state index in [2.05, 4.69) is 43.7 Å². The van der Waals surface area contributed by atoms with Crippen LogP contribution in [-0.2, 0) is 11.3 Å². The Morgan fingerprint density at radius 3 is 3.05 bits per heavy atom. The van der Waals surface area contributed by atoms with E-state index in [4.69, 9.17) is 0 Å². The van der Waals surface area contributed by atoms with E-state index >= 15 is 0 Å². The number of hydrogen-bond acceptors (Lipinski definition) is 5. The minimum Gasteiger partial charge on any atom is -0.358 e. The maximum absolute atomic E-state index is 11.8. The summed E-state index contributed by atoms with van der Waals surface area (Å²) >= 11 is 3.10. The van der Waals surface area contributed by atoms with Crippen LogP contribution >= 0.6 is 15.9 Å². The summed E-state index contributed by atoms with van der Waals surface area (Å²) in [6, 6.07) is 0. The van der Waals surface area contributed by atoms with Crippen molar-refractivity contribution in [3.63, 3.8) is 0 Å². The molecule has 0 fully saturated rings. The zero-order chi connectivity index (χ0) is 16.1. The number of hydrogen-bond donors (Lipinski definition) is 1. The molecular weight excluding hydrogens is 354 g/mol. The predicted octanol–water partition coefficient (Wildman–Crippen LogP) is 2.32. The molecule has 1 aliphatic rings. The Labute approximate surface area is 135 Å². The summed E-state index contributed by atoms with van der Waals surface area (Å²) in [7, 11) is 0. The Bertz CT molecular complexity index is 638. The van der Waals surface area contributed by atoms with E-state index in [1.807, 2.05) is 0 Å². The number of hydrazone groups is 1. The molecule has 1 atom stereocenters. The molecule has 1 amide bonds. The molecule has 1 aliphatic carbocycles. The number of carbonyl (C=O) groups excluding carboxylic acids is 1. The monoisotopic (exact) mass is 369 g/mol. The van der Waals surface area contributed by atoms with E-state index in [9.17, 15) is 14.9 Å². The minimum absolute atomic E-state index is 0.125. The summed E-state index contributed by atoms with van der Waals surface area (Å²) in [6.45, 7) is 1.52. The molecule has 1 heterocycles. The highest BCUT2D eigenvalue weighted by Gasteiger charge is 2.24. The van der Waals surface area contributed by atoms with Gasteiger partial charge >= 0.3 is 5.82 Å². The average Bonchev–Trinajstić information content (AvgIpc) is 2.77. The SMILES string of the molecule is Cc1c(Br)c([N+](=O)[O-])nn1CC(=O)N/N=C\[C@@H]1CC=CCC1. The van der Waals surface area contributed by atoms with Gasteiger partial charge in [0.05, 0.1) is 10.8 Å². The molecule has 1 aromatic heterocycles. The first kappa shape index (κ1) is 16.3. The first-order valence-corrected chi connectivity index (χ1v) is 7.62. The number of halogens is 1. The summed E-state index contributed by atoms with van der Waals surface area (Å²) in [5.74, 6) is -0.342. The van der Waals surface area contributed by atoms with Crippen LogP contribution in [0.1, 0.15) is 25.0 Å². The van der Waals surface area contributed by atoms with Gasteiger partial charge in [-0.15, -0.1) is 0 Å². The maximum atomic E-state index is 11.8. The smallest absolute Gasteiger partial charge is 0.358 e. The molecule has 8 nitrogen and oxygen atoms in total. The second-order valence-electron chi connectivity index (χ2n) is 5.00. The molecule has 9 heteroatoms. The number of allylic oxidation sites excluding steroid dienone is 2. The topological polar surface area (TPSA) is 102 Å². The Balaban J connectivity index is 1.92. The van der Waals surface area contributed by atoms with E-state index in [-0.39, 0.29) is 22.7 Å². The van der Waals surface area contributed by atoms with Gasteiger partial charge in [-0.1, -0.05) is 12.2 Å². The zero-order valence-electron chi connectivity index (χ0n) is 12.0. The quantitative estimate of drug-likeness (QED) is 0.372. The Morgan fingerprint density at radius 2 is 2.45 bits per heavy atom. The number of nitro groups is 1. The lowest BCUT2D eigenvalue weighted by molar-refractivity contribution is -0.390. The molecule has 0 radical (unpaired) electrons. The summed E-state index contributed by atoms with van der Waals surface area (Å²) in [5, 5.41) is 18.5. The van der Waals surface area contributed by atoms with E-state index in [0.717, 1.165) is 19.3 Å². The molecule has 0 saturated heterocycles. The van der Waals surface area contributed by atoms with Gasteiger partial charge in [-0.2, -0.15) is 9.78 Å². The van der Waals surface area contributed by atoms with E-state index in [1.165, 1.54) is 4.68 Å². The molecule has 2 rings (SSSR count). The normalized spacial score (nSPS) is 17.8. The van der Waals surface area contributed by atoms with Crippen LogP contribution in [0.4, 0.5) is 5.82 Å². The summed E-state index contributed by atoms with van der Waals surface area (Å²) in [6.07, 6.45) is 8.94. The number of rotatable bonds is 5. The molecule has 1 aromatic rings. The first-order chi connectivity index (χ1) is 10.5. The fraction of sp³-hybridized carbons (Fsp3) is 0.462. The van der Waals surface area contributed by atoms with Crippen molar-refractivity contribution >= 4 is 33.9 Å². The lowest BCUT2D eigenvalue weighted by Gasteiger charge is -2.11. The first-order valence-electron chi connectivity index (χ1n) is 6.83. The Hall–Kier alpha value is -2.03. The highest BCUT2D eigenvalue weighted by molar-refractivity contribution is 9.10. The highest BCUT2D eigenvalue weighted by atomic mass is 79.9. The van der Waals surface area contributed by atoms with Crippen molar-refractivity contribution in [2.75, 3.05) is 0 Å². The van der Waals surface area contributed by atoms with Crippen LogP contribution in [0, 0.1) is 23.0 Å². The standard InChI is InChI=1S/C13H16BrN5O3/c1-9-12(14)13(19(21)22)17-18(9)8-11(20)16-15-7-10-5-3-2-4-6-10/h2-3,7,10H,4-6,8H2,1H3,(H,16,20)/b15-7-/t10-/m1/s1. The summed E-state index contributed by atoms with van der Waals surface area (Å²) < 4.78 is 1.55. The average molecular weight is 370 g/mol. The Kier molecular flexibility index (Phi) is 5.42. The number of nitrogens with zero attached hydrogens (tertiary/aromatic N) is 4. The maximum Gasteiger partial charge on any atom is 0.404 e. The van der Waals surface area contributed by atoms with Crippen LogP contribution in [0.15, 0.2) is 21.7 Å². The Morgan fingerprint density at radius 1 is 1.68 bits per heavy atom. The summed E-state index contributed by atoms with van der Waals surface area (Å²) in [5.41, 5.74) is 2.94. The van der Waals surface area contributed by atoms with Gasteiger partial charge in [0.2, 0.25) is 0 Å². The second kappa shape index (κ2) is 7.30. The number of amides is 1. The van der Waals surface area contributed by atoms with Crippen LogP contribution in [0.3, 0.4) is 0 Å². The fourth-order valence-electron chi connectivity index (χ4n) is 2.12. The third-order valence-corrected chi connectivity index (χ3v) is 4.30. The third kappa shape index (κ3) is 4.00. The van der Waals surface area contributed by atoms with Crippen LogP contribution in [0.5, 0.6) is 0 Å². The van der Waals surface area contributed by atoms with Gasteiger partial charge in [0.15, 0.2) is 0 Å². The van der Waals surface area contributed by atoms with Gasteiger partial charge in [-0.05, 0) is 53.0 Å². The van der Waals surface area contributed by atoms with Gasteiger partial charge < -0.3 is 10.1 Å². The van der Waals surface area contributed by atoms with E-state index in [1.54, 1.807) is 13.1 Å². The van der Waals surface area contributed by atoms with Crippen LogP contribution in [0.2, 0.25) is 0 Å². The highest BCUT2D eigenvalue weighted by Crippen LogP contribution is 2.26. The molecule has 0 saturated carbocycles. The molecule has 1 N–H and O–H groups in total. The molecule has 0 aliphatic heterocycles. The van der Waals surface area contributed by atoms with Gasteiger partial charge in [0.25, 0.3) is 5.91 Å². The van der Waals surface area contributed by atoms with Crippen molar-refractivity contribution in [2.45, 2.75) is 32.7 Å². The molecule has 22 heavy (non-hydrogen) atoms. The zero-order valence-corrected chi connectivity index (χ0v) is 13.6. The van der Waals surface area contributed by atoms with E-state index in [0.29, 0.717) is 11.6 Å². The van der Waals surface area contributed by atoms with Gasteiger partial charge in [0, 0.05) is 6.21 Å². The van der Waals surface area contributed by atoms with Gasteiger partial charge in [-0.3, -0.25) is 4.79 Å². The molecule has 0 aromatic carbocycles. The fourth-order valence-corrected chi connectivity index (χ4v) is 2.55. The largest absolute Gasteiger partial charge is 0.404 e. The van der Waals surface area contributed by atoms with Crippen molar-refractivity contribution in [1.29, 1.82) is 0 Å². The predicted molar refractivity (Wildman–Crippen MR) is 84.4 cm³/mol. The minimum atomic E-state index is -0.597. The van der Waals surface area contributed by atoms with Crippen molar-refractivity contribution in [2.24, 2.45) is 11.0 Å². The lowest BCUT2D eigenvalue weighted by atomic mass is 9.96. The summed E-state index contributed by atoms with van der Waals surface area (Å²) in [4.78, 5) is 22.0. The number of carbonyl (C=O) groups is 1. The van der Waals surface area contributed by atoms with Crippen LogP contribution in [-0.4, -0.2) is 26.8 Å². The van der Waals surface area contributed by atoms with Crippen molar-refractivity contribution in [3.8, 4) is 0 Å². The number of aromatic nitrogens is 2.